The highest BCUT2D eigenvalue weighted by atomic mass is 14.9. The van der Waals surface area contributed by atoms with Crippen LogP contribution in [0.15, 0.2) is 24.5 Å². The Labute approximate surface area is 196 Å². The molecule has 1 nitrogen and oxygen atoms in total. The molecule has 1 heteroatoms. The van der Waals surface area contributed by atoms with Crippen molar-refractivity contribution in [2.24, 2.45) is 0 Å². The molecule has 0 bridgehead atoms. The third-order valence-corrected chi connectivity index (χ3v) is 6.76. The molecule has 0 saturated carbocycles. The minimum Gasteiger partial charge on any atom is -0.205 e. The molecule has 1 aromatic rings. The zero-order chi connectivity index (χ0) is 22.2. The Hall–Kier alpha value is -0.850. The summed E-state index contributed by atoms with van der Waals surface area (Å²) in [7, 11) is 0. The molecule has 1 aromatic heterocycles. The van der Waals surface area contributed by atoms with Crippen molar-refractivity contribution in [1.82, 2.24) is 0 Å². The molecule has 180 valence electrons. The van der Waals surface area contributed by atoms with Crippen LogP contribution < -0.4 is 4.57 Å². The molecule has 0 atom stereocenters. The van der Waals surface area contributed by atoms with Gasteiger partial charge in [0.1, 0.15) is 6.54 Å². The molecule has 0 aliphatic heterocycles. The summed E-state index contributed by atoms with van der Waals surface area (Å²) in [6, 6.07) is 4.58. The summed E-state index contributed by atoms with van der Waals surface area (Å²) in [4.78, 5) is 0. The van der Waals surface area contributed by atoms with Crippen molar-refractivity contribution in [3.05, 3.63) is 30.1 Å². The fourth-order valence-corrected chi connectivity index (χ4v) is 4.64. The summed E-state index contributed by atoms with van der Waals surface area (Å²) in [5.74, 6) is 0. The third-order valence-electron chi connectivity index (χ3n) is 6.76. The average molecular weight is 431 g/mol. The number of hydrogen-bond acceptors (Lipinski definition) is 0. The Balaban J connectivity index is 1.94. The van der Waals surface area contributed by atoms with Crippen LogP contribution in [0.2, 0.25) is 0 Å². The van der Waals surface area contributed by atoms with E-state index in [1.165, 1.54) is 153 Å². The molecule has 1 heterocycles. The smallest absolute Gasteiger partial charge is 0.171 e. The van der Waals surface area contributed by atoms with Crippen molar-refractivity contribution in [1.29, 1.82) is 0 Å². The highest BCUT2D eigenvalue weighted by Gasteiger charge is 2.03. The second-order valence-electron chi connectivity index (χ2n) is 9.92. The topological polar surface area (TPSA) is 3.88 Å². The quantitative estimate of drug-likeness (QED) is 0.120. The molecule has 0 saturated heterocycles. The van der Waals surface area contributed by atoms with Crippen LogP contribution in [0, 0.1) is 0 Å². The Bertz CT molecular complexity index is 481. The first-order valence-corrected chi connectivity index (χ1v) is 14.3. The zero-order valence-electron chi connectivity index (χ0n) is 21.5. The zero-order valence-corrected chi connectivity index (χ0v) is 21.5. The molecule has 0 spiro atoms. The van der Waals surface area contributed by atoms with Gasteiger partial charge in [0.05, 0.1) is 0 Å². The molecule has 0 fully saturated rings. The Morgan fingerprint density at radius 3 is 1.42 bits per heavy atom. The molecular weight excluding hydrogens is 374 g/mol. The van der Waals surface area contributed by atoms with Gasteiger partial charge < -0.3 is 0 Å². The number of rotatable bonds is 23. The van der Waals surface area contributed by atoms with Crippen molar-refractivity contribution in [3.8, 4) is 0 Å². The van der Waals surface area contributed by atoms with E-state index in [0.717, 1.165) is 0 Å². The van der Waals surface area contributed by atoms with Crippen LogP contribution in [0.3, 0.4) is 0 Å². The molecule has 0 radical (unpaired) electrons. The predicted octanol–water partition coefficient (Wildman–Crippen LogP) is 9.75. The van der Waals surface area contributed by atoms with E-state index in [4.69, 9.17) is 0 Å². The van der Waals surface area contributed by atoms with Crippen molar-refractivity contribution in [2.75, 3.05) is 0 Å². The van der Waals surface area contributed by atoms with Gasteiger partial charge in [-0.25, -0.2) is 4.57 Å². The van der Waals surface area contributed by atoms with E-state index in [1.54, 1.807) is 0 Å². The standard InChI is InChI=1S/C30H56N/c1-3-5-7-9-11-13-14-15-16-18-20-22-25-30-26-24-28-31(29-30)27-23-21-19-17-12-10-8-6-4-2/h24,26,28-29H,3-23,25,27H2,1-2H3/q+1. The molecule has 0 unspecified atom stereocenters. The van der Waals surface area contributed by atoms with Gasteiger partial charge in [-0.2, -0.15) is 0 Å². The lowest BCUT2D eigenvalue weighted by molar-refractivity contribution is -0.697. The van der Waals surface area contributed by atoms with Crippen molar-refractivity contribution >= 4 is 0 Å². The Kier molecular flexibility index (Phi) is 20.3. The number of aromatic nitrogens is 1. The van der Waals surface area contributed by atoms with Crippen LogP contribution in [-0.2, 0) is 13.0 Å². The van der Waals surface area contributed by atoms with Gasteiger partial charge in [-0.1, -0.05) is 129 Å². The van der Waals surface area contributed by atoms with E-state index in [-0.39, 0.29) is 0 Å². The lowest BCUT2D eigenvalue weighted by atomic mass is 10.0. The van der Waals surface area contributed by atoms with Crippen molar-refractivity contribution < 1.29 is 4.57 Å². The summed E-state index contributed by atoms with van der Waals surface area (Å²) in [5, 5.41) is 0. The highest BCUT2D eigenvalue weighted by Crippen LogP contribution is 2.13. The van der Waals surface area contributed by atoms with Gasteiger partial charge in [0.25, 0.3) is 0 Å². The maximum atomic E-state index is 2.43. The lowest BCUT2D eigenvalue weighted by Gasteiger charge is -2.04. The van der Waals surface area contributed by atoms with Gasteiger partial charge in [-0.15, -0.1) is 0 Å². The van der Waals surface area contributed by atoms with Crippen molar-refractivity contribution in [2.45, 2.75) is 162 Å². The molecule has 0 aromatic carbocycles. The summed E-state index contributed by atoms with van der Waals surface area (Å²) in [6.45, 7) is 5.79. The number of pyridine rings is 1. The van der Waals surface area contributed by atoms with Gasteiger partial charge >= 0.3 is 0 Å². The first-order valence-electron chi connectivity index (χ1n) is 14.3. The average Bonchev–Trinajstić information content (AvgIpc) is 2.79. The van der Waals surface area contributed by atoms with E-state index < -0.39 is 0 Å². The van der Waals surface area contributed by atoms with E-state index in [1.807, 2.05) is 0 Å². The van der Waals surface area contributed by atoms with Crippen LogP contribution in [0.1, 0.15) is 154 Å². The molecular formula is C30H56N+. The van der Waals surface area contributed by atoms with Gasteiger partial charge in [0.15, 0.2) is 12.4 Å². The minimum absolute atomic E-state index is 1.20. The second-order valence-corrected chi connectivity index (χ2v) is 9.92. The molecule has 0 N–H and O–H groups in total. The monoisotopic (exact) mass is 430 g/mol. The minimum atomic E-state index is 1.20. The number of hydrogen-bond donors (Lipinski definition) is 0. The Morgan fingerprint density at radius 2 is 0.935 bits per heavy atom. The van der Waals surface area contributed by atoms with Crippen LogP contribution in [0.25, 0.3) is 0 Å². The summed E-state index contributed by atoms with van der Waals surface area (Å²) < 4.78 is 2.43. The largest absolute Gasteiger partial charge is 0.205 e. The number of nitrogens with zero attached hydrogens (tertiary/aromatic N) is 1. The van der Waals surface area contributed by atoms with Gasteiger partial charge in [0.2, 0.25) is 0 Å². The first kappa shape index (κ1) is 28.2. The molecule has 0 amide bonds. The SMILES string of the molecule is CCCCCCCCCCCCCCc1ccc[n+](CCCCCCCCCCC)c1. The number of unbranched alkanes of at least 4 members (excludes halogenated alkanes) is 19. The van der Waals surface area contributed by atoms with Crippen molar-refractivity contribution in [3.63, 3.8) is 0 Å². The van der Waals surface area contributed by atoms with E-state index in [9.17, 15) is 0 Å². The molecule has 0 aliphatic carbocycles. The normalized spacial score (nSPS) is 11.3. The fourth-order valence-electron chi connectivity index (χ4n) is 4.64. The molecule has 0 aliphatic rings. The van der Waals surface area contributed by atoms with Crippen LogP contribution >= 0.6 is 0 Å². The highest BCUT2D eigenvalue weighted by molar-refractivity contribution is 5.05. The maximum Gasteiger partial charge on any atom is 0.171 e. The van der Waals surface area contributed by atoms with E-state index >= 15 is 0 Å². The lowest BCUT2D eigenvalue weighted by Crippen LogP contribution is -2.33. The predicted molar refractivity (Wildman–Crippen MR) is 139 cm³/mol. The fraction of sp³-hybridized carbons (Fsp3) is 0.833. The Morgan fingerprint density at radius 1 is 0.516 bits per heavy atom. The molecule has 31 heavy (non-hydrogen) atoms. The first-order chi connectivity index (χ1) is 15.4. The van der Waals surface area contributed by atoms with Crippen LogP contribution in [-0.4, -0.2) is 0 Å². The van der Waals surface area contributed by atoms with Gasteiger partial charge in [-0.05, 0) is 25.3 Å². The maximum absolute atomic E-state index is 2.43. The van der Waals surface area contributed by atoms with Crippen LogP contribution in [0.5, 0.6) is 0 Å². The van der Waals surface area contributed by atoms with Gasteiger partial charge in [-0.3, -0.25) is 0 Å². The summed E-state index contributed by atoms with van der Waals surface area (Å²) in [5.41, 5.74) is 1.53. The second kappa shape index (κ2) is 22.3. The van der Waals surface area contributed by atoms with Gasteiger partial charge in [0, 0.05) is 18.1 Å². The van der Waals surface area contributed by atoms with Crippen LogP contribution in [0.4, 0.5) is 0 Å². The van der Waals surface area contributed by atoms with E-state index in [2.05, 4.69) is 42.9 Å². The third kappa shape index (κ3) is 18.4. The molecule has 1 rings (SSSR count). The van der Waals surface area contributed by atoms with E-state index in [0.29, 0.717) is 0 Å². The summed E-state index contributed by atoms with van der Waals surface area (Å²) >= 11 is 0. The summed E-state index contributed by atoms with van der Waals surface area (Å²) in [6.07, 6.45) is 35.8. The number of aryl methyl sites for hydroxylation is 2.